The third-order valence-electron chi connectivity index (χ3n) is 6.03. The number of Topliss-reactive ketones (excluding diaryl/α,β-unsaturated/α-hetero) is 3. The number of carbonyl (C=O) groups excluding carboxylic acids is 3. The fourth-order valence-electron chi connectivity index (χ4n) is 4.42. The van der Waals surface area contributed by atoms with E-state index in [0.29, 0.717) is 25.7 Å². The van der Waals surface area contributed by atoms with Crippen molar-refractivity contribution in [3.05, 3.63) is 24.3 Å². The lowest BCUT2D eigenvalue weighted by atomic mass is 9.84. The number of allylic oxidation sites excluding steroid dienone is 3. The van der Waals surface area contributed by atoms with Gasteiger partial charge in [-0.15, -0.1) is 0 Å². The van der Waals surface area contributed by atoms with E-state index in [1.807, 2.05) is 18.2 Å². The molecule has 0 amide bonds. The highest BCUT2D eigenvalue weighted by Crippen LogP contribution is 2.47. The summed E-state index contributed by atoms with van der Waals surface area (Å²) in [5.41, 5.74) is 0. The first-order valence-corrected chi connectivity index (χ1v) is 10.7. The molecule has 0 aromatic heterocycles. The van der Waals surface area contributed by atoms with Gasteiger partial charge >= 0.3 is 5.97 Å². The number of carbonyl (C=O) groups is 4. The van der Waals surface area contributed by atoms with Gasteiger partial charge in [-0.25, -0.2) is 0 Å². The van der Waals surface area contributed by atoms with Gasteiger partial charge in [0, 0.05) is 18.3 Å². The lowest BCUT2D eigenvalue weighted by molar-refractivity contribution is -0.148. The maximum atomic E-state index is 12.3. The number of aliphatic carboxylic acids is 1. The van der Waals surface area contributed by atoms with Crippen LogP contribution in [0, 0.1) is 23.7 Å². The summed E-state index contributed by atoms with van der Waals surface area (Å²) in [5, 5.41) is 18.9. The summed E-state index contributed by atoms with van der Waals surface area (Å²) in [6, 6.07) is 0. The van der Waals surface area contributed by atoms with E-state index in [4.69, 9.17) is 5.11 Å². The Morgan fingerprint density at radius 1 is 1.03 bits per heavy atom. The van der Waals surface area contributed by atoms with Gasteiger partial charge in [0.05, 0.1) is 6.10 Å². The number of hydrogen-bond donors (Lipinski definition) is 2. The van der Waals surface area contributed by atoms with E-state index in [9.17, 15) is 24.3 Å². The molecule has 0 aromatic carbocycles. The monoisotopic (exact) mass is 404 g/mol. The normalized spacial score (nSPS) is 28.0. The topological polar surface area (TPSA) is 109 Å². The average Bonchev–Trinajstić information content (AvgIpc) is 3.02. The summed E-state index contributed by atoms with van der Waals surface area (Å²) >= 11 is 0. The van der Waals surface area contributed by atoms with Gasteiger partial charge in [0.1, 0.15) is 0 Å². The molecule has 2 saturated carbocycles. The summed E-state index contributed by atoms with van der Waals surface area (Å²) in [5.74, 6) is -4.36. The lowest BCUT2D eigenvalue weighted by Crippen LogP contribution is -2.37. The molecule has 0 saturated heterocycles. The standard InChI is InChI=1S/C23H32O6/c1-2-3-6-9-15(24)12-13-17-16(10-7-4-5-8-11-20(25)26)18-14-19(17)22(28)23(29)21(18)27/h7,10,12-13,15-19,24H,2-6,8-9,11,14H2,1H3,(H,25,26)/b10-7?,13-12+. The molecule has 0 radical (unpaired) electrons. The number of carboxylic acids is 1. The number of fused-ring (bicyclic) bond motifs is 2. The van der Waals surface area contributed by atoms with Crippen LogP contribution in [0.15, 0.2) is 24.3 Å². The minimum Gasteiger partial charge on any atom is -0.481 e. The van der Waals surface area contributed by atoms with Crippen LogP contribution in [0.4, 0.5) is 0 Å². The first-order valence-electron chi connectivity index (χ1n) is 10.7. The van der Waals surface area contributed by atoms with Gasteiger partial charge in [-0.3, -0.25) is 19.2 Å². The molecular formula is C23H32O6. The Hall–Kier alpha value is -2.08. The molecule has 2 N–H and O–H groups in total. The van der Waals surface area contributed by atoms with E-state index >= 15 is 0 Å². The van der Waals surface area contributed by atoms with Crippen LogP contribution in [0.5, 0.6) is 0 Å². The van der Waals surface area contributed by atoms with Crippen LogP contribution < -0.4 is 0 Å². The zero-order valence-electron chi connectivity index (χ0n) is 17.1. The van der Waals surface area contributed by atoms with Crippen molar-refractivity contribution >= 4 is 23.3 Å². The second-order valence-corrected chi connectivity index (χ2v) is 8.18. The van der Waals surface area contributed by atoms with E-state index in [1.165, 1.54) is 0 Å². The van der Waals surface area contributed by atoms with Crippen LogP contribution in [-0.4, -0.2) is 39.6 Å². The Bertz CT molecular complexity index is 677. The van der Waals surface area contributed by atoms with E-state index in [1.54, 1.807) is 6.08 Å². The maximum Gasteiger partial charge on any atom is 0.303 e. The van der Waals surface area contributed by atoms with Crippen molar-refractivity contribution in [3.8, 4) is 0 Å². The van der Waals surface area contributed by atoms with Gasteiger partial charge in [0.15, 0.2) is 0 Å². The molecule has 2 bridgehead atoms. The highest BCUT2D eigenvalue weighted by molar-refractivity contribution is 6.65. The van der Waals surface area contributed by atoms with Crippen LogP contribution in [0.3, 0.4) is 0 Å². The largest absolute Gasteiger partial charge is 0.481 e. The number of aliphatic hydroxyl groups excluding tert-OH is 1. The fraction of sp³-hybridized carbons (Fsp3) is 0.652. The van der Waals surface area contributed by atoms with Crippen molar-refractivity contribution in [1.82, 2.24) is 0 Å². The maximum absolute atomic E-state index is 12.3. The first kappa shape index (κ1) is 23.2. The lowest BCUT2D eigenvalue weighted by Gasteiger charge is -2.17. The fourth-order valence-corrected chi connectivity index (χ4v) is 4.42. The van der Waals surface area contributed by atoms with Crippen molar-refractivity contribution in [1.29, 1.82) is 0 Å². The average molecular weight is 405 g/mol. The Morgan fingerprint density at radius 3 is 2.31 bits per heavy atom. The third-order valence-corrected chi connectivity index (χ3v) is 6.03. The van der Waals surface area contributed by atoms with Gasteiger partial charge in [-0.05, 0) is 43.9 Å². The summed E-state index contributed by atoms with van der Waals surface area (Å²) in [6.45, 7) is 2.10. The molecule has 2 rings (SSSR count). The van der Waals surface area contributed by atoms with E-state index in [0.717, 1.165) is 25.7 Å². The number of hydrogen-bond acceptors (Lipinski definition) is 5. The molecule has 6 nitrogen and oxygen atoms in total. The van der Waals surface area contributed by atoms with Crippen molar-refractivity contribution in [2.45, 2.75) is 70.8 Å². The summed E-state index contributed by atoms with van der Waals surface area (Å²) in [4.78, 5) is 47.3. The summed E-state index contributed by atoms with van der Waals surface area (Å²) in [7, 11) is 0. The molecule has 6 heteroatoms. The van der Waals surface area contributed by atoms with Gasteiger partial charge < -0.3 is 10.2 Å². The van der Waals surface area contributed by atoms with Crippen LogP contribution in [0.25, 0.3) is 0 Å². The molecule has 5 unspecified atom stereocenters. The number of carboxylic acid groups (broad SMARTS) is 1. The minimum atomic E-state index is -0.884. The zero-order valence-corrected chi connectivity index (χ0v) is 17.1. The van der Waals surface area contributed by atoms with E-state index < -0.39 is 41.3 Å². The Kier molecular flexibility index (Phi) is 8.96. The molecule has 160 valence electrons. The number of unbranched alkanes of at least 4 members (excludes halogenated alkanes) is 4. The second kappa shape index (κ2) is 11.2. The summed E-state index contributed by atoms with van der Waals surface area (Å²) < 4.78 is 0. The number of rotatable bonds is 12. The predicted octanol–water partition coefficient (Wildman–Crippen LogP) is 3.27. The highest BCUT2D eigenvalue weighted by atomic mass is 16.4. The van der Waals surface area contributed by atoms with Crippen molar-refractivity contribution in [2.75, 3.05) is 0 Å². The zero-order chi connectivity index (χ0) is 21.4. The third kappa shape index (κ3) is 6.20. The molecule has 2 aliphatic rings. The van der Waals surface area contributed by atoms with Crippen molar-refractivity contribution < 1.29 is 29.4 Å². The SMILES string of the molecule is CCCCCC(O)/C=C/C1C2CC(C(=O)C(=O)C2=O)C1C=CCCCCC(=O)O. The molecule has 5 atom stereocenters. The molecular weight excluding hydrogens is 372 g/mol. The number of aliphatic hydroxyl groups is 1. The van der Waals surface area contributed by atoms with Gasteiger partial charge in [0.25, 0.3) is 5.78 Å². The Labute approximate surface area is 172 Å². The summed E-state index contributed by atoms with van der Waals surface area (Å²) in [6.07, 6.45) is 13.0. The number of ketones is 3. The quantitative estimate of drug-likeness (QED) is 0.294. The molecule has 2 fully saturated rings. The van der Waals surface area contributed by atoms with Gasteiger partial charge in [0.2, 0.25) is 11.6 Å². The van der Waals surface area contributed by atoms with Gasteiger partial charge in [-0.2, -0.15) is 0 Å². The molecule has 0 aliphatic heterocycles. The smallest absolute Gasteiger partial charge is 0.303 e. The molecule has 29 heavy (non-hydrogen) atoms. The van der Waals surface area contributed by atoms with Crippen molar-refractivity contribution in [2.24, 2.45) is 23.7 Å². The molecule has 2 aliphatic carbocycles. The Morgan fingerprint density at radius 2 is 1.69 bits per heavy atom. The van der Waals surface area contributed by atoms with E-state index in [-0.39, 0.29) is 18.3 Å². The highest BCUT2D eigenvalue weighted by Gasteiger charge is 2.55. The molecule has 0 aromatic rings. The van der Waals surface area contributed by atoms with E-state index in [2.05, 4.69) is 6.92 Å². The molecule has 0 spiro atoms. The van der Waals surface area contributed by atoms with Crippen LogP contribution in [0.1, 0.15) is 64.7 Å². The minimum absolute atomic E-state index is 0.130. The van der Waals surface area contributed by atoms with Crippen LogP contribution >= 0.6 is 0 Å². The molecule has 0 heterocycles. The first-order chi connectivity index (χ1) is 13.9. The van der Waals surface area contributed by atoms with Crippen LogP contribution in [-0.2, 0) is 19.2 Å². The van der Waals surface area contributed by atoms with Crippen LogP contribution in [0.2, 0.25) is 0 Å². The van der Waals surface area contributed by atoms with Gasteiger partial charge in [-0.1, -0.05) is 50.5 Å². The second-order valence-electron chi connectivity index (χ2n) is 8.18. The van der Waals surface area contributed by atoms with Crippen molar-refractivity contribution in [3.63, 3.8) is 0 Å². The Balaban J connectivity index is 2.06. The predicted molar refractivity (Wildman–Crippen MR) is 108 cm³/mol.